The Morgan fingerprint density at radius 2 is 1.95 bits per heavy atom. The summed E-state index contributed by atoms with van der Waals surface area (Å²) >= 11 is 0. The third-order valence-corrected chi connectivity index (χ3v) is 5.15. The molecule has 0 heterocycles. The molecule has 0 fully saturated rings. The SMILES string of the molecule is CCCCC(CC)CS(=O)c1ccc(C(F)(F)F)cc1N. The summed E-state index contributed by atoms with van der Waals surface area (Å²) in [5, 5.41) is 0. The van der Waals surface area contributed by atoms with Crippen molar-refractivity contribution < 1.29 is 17.4 Å². The third kappa shape index (κ3) is 5.34. The van der Waals surface area contributed by atoms with Crippen LogP contribution in [0.5, 0.6) is 0 Å². The van der Waals surface area contributed by atoms with Gasteiger partial charge in [-0.15, -0.1) is 0 Å². The van der Waals surface area contributed by atoms with E-state index in [1.165, 1.54) is 6.07 Å². The molecule has 2 atom stereocenters. The number of alkyl halides is 3. The van der Waals surface area contributed by atoms with Crippen molar-refractivity contribution in [3.05, 3.63) is 23.8 Å². The lowest BCUT2D eigenvalue weighted by Crippen LogP contribution is -2.13. The van der Waals surface area contributed by atoms with Gasteiger partial charge in [0.05, 0.1) is 21.3 Å². The first-order chi connectivity index (χ1) is 9.79. The molecule has 6 heteroatoms. The molecule has 0 aliphatic rings. The molecule has 0 saturated heterocycles. The number of hydrogen-bond acceptors (Lipinski definition) is 2. The topological polar surface area (TPSA) is 43.1 Å². The lowest BCUT2D eigenvalue weighted by Gasteiger charge is -2.15. The number of hydrogen-bond donors (Lipinski definition) is 1. The van der Waals surface area contributed by atoms with Gasteiger partial charge >= 0.3 is 6.18 Å². The van der Waals surface area contributed by atoms with E-state index >= 15 is 0 Å². The normalized spacial score (nSPS) is 14.9. The Morgan fingerprint density at radius 1 is 1.29 bits per heavy atom. The number of benzene rings is 1. The Bertz CT molecular complexity index is 488. The molecular weight excluding hydrogens is 299 g/mol. The fourth-order valence-corrected chi connectivity index (χ4v) is 3.69. The van der Waals surface area contributed by atoms with Crippen LogP contribution in [0.2, 0.25) is 0 Å². The average molecular weight is 321 g/mol. The van der Waals surface area contributed by atoms with Gasteiger partial charge in [0.25, 0.3) is 0 Å². The molecule has 2 unspecified atom stereocenters. The van der Waals surface area contributed by atoms with Crippen molar-refractivity contribution in [1.82, 2.24) is 0 Å². The molecule has 0 amide bonds. The Kier molecular flexibility index (Phi) is 6.71. The Hall–Kier alpha value is -1.04. The molecular formula is C15H22F3NOS. The first-order valence-electron chi connectivity index (χ1n) is 7.14. The number of unbranched alkanes of at least 4 members (excludes halogenated alkanes) is 1. The van der Waals surface area contributed by atoms with E-state index in [9.17, 15) is 17.4 Å². The highest BCUT2D eigenvalue weighted by Crippen LogP contribution is 2.32. The van der Waals surface area contributed by atoms with E-state index in [1.807, 2.05) is 6.92 Å². The van der Waals surface area contributed by atoms with Crippen LogP contribution in [-0.4, -0.2) is 9.96 Å². The van der Waals surface area contributed by atoms with Crippen LogP contribution >= 0.6 is 0 Å². The molecule has 21 heavy (non-hydrogen) atoms. The molecule has 0 aliphatic heterocycles. The van der Waals surface area contributed by atoms with Crippen LogP contribution in [0.1, 0.15) is 45.1 Å². The highest BCUT2D eigenvalue weighted by Gasteiger charge is 2.31. The van der Waals surface area contributed by atoms with Gasteiger partial charge in [0.15, 0.2) is 0 Å². The molecule has 1 aromatic carbocycles. The Labute approximate surface area is 126 Å². The van der Waals surface area contributed by atoms with Gasteiger partial charge in [-0.05, 0) is 30.5 Å². The highest BCUT2D eigenvalue weighted by atomic mass is 32.2. The van der Waals surface area contributed by atoms with Gasteiger partial charge in [-0.25, -0.2) is 0 Å². The summed E-state index contributed by atoms with van der Waals surface area (Å²) in [6.45, 7) is 4.13. The van der Waals surface area contributed by atoms with Gasteiger partial charge in [-0.1, -0.05) is 33.1 Å². The monoisotopic (exact) mass is 321 g/mol. The zero-order chi connectivity index (χ0) is 16.0. The van der Waals surface area contributed by atoms with Crippen LogP contribution in [-0.2, 0) is 17.0 Å². The number of rotatable bonds is 7. The zero-order valence-corrected chi connectivity index (χ0v) is 13.2. The van der Waals surface area contributed by atoms with Crippen molar-refractivity contribution in [2.75, 3.05) is 11.5 Å². The van der Waals surface area contributed by atoms with Crippen LogP contribution in [0.4, 0.5) is 18.9 Å². The zero-order valence-electron chi connectivity index (χ0n) is 12.4. The average Bonchev–Trinajstić information content (AvgIpc) is 2.41. The quantitative estimate of drug-likeness (QED) is 0.745. The second kappa shape index (κ2) is 7.82. The lowest BCUT2D eigenvalue weighted by atomic mass is 10.0. The van der Waals surface area contributed by atoms with Crippen molar-refractivity contribution in [2.24, 2.45) is 5.92 Å². The minimum Gasteiger partial charge on any atom is -0.398 e. The minimum absolute atomic E-state index is 0.0477. The molecule has 0 bridgehead atoms. The van der Waals surface area contributed by atoms with Crippen LogP contribution in [0.3, 0.4) is 0 Å². The fraction of sp³-hybridized carbons (Fsp3) is 0.600. The standard InChI is InChI=1S/C15H22F3NOS/c1-3-5-6-11(4-2)10-21(20)14-8-7-12(9-13(14)19)15(16,17)18/h7-9,11H,3-6,10,19H2,1-2H3. The summed E-state index contributed by atoms with van der Waals surface area (Å²) in [6, 6.07) is 3.04. The largest absolute Gasteiger partial charge is 0.416 e. The van der Waals surface area contributed by atoms with E-state index in [-0.39, 0.29) is 5.69 Å². The maximum Gasteiger partial charge on any atom is 0.416 e. The van der Waals surface area contributed by atoms with E-state index in [2.05, 4.69) is 6.92 Å². The fourth-order valence-electron chi connectivity index (χ4n) is 2.13. The van der Waals surface area contributed by atoms with Gasteiger partial charge in [-0.2, -0.15) is 13.2 Å². The molecule has 0 aliphatic carbocycles. The van der Waals surface area contributed by atoms with Gasteiger partial charge in [0.1, 0.15) is 0 Å². The molecule has 0 saturated carbocycles. The van der Waals surface area contributed by atoms with Crippen LogP contribution in [0.25, 0.3) is 0 Å². The van der Waals surface area contributed by atoms with E-state index in [1.54, 1.807) is 0 Å². The van der Waals surface area contributed by atoms with Crippen molar-refractivity contribution in [3.63, 3.8) is 0 Å². The molecule has 0 aromatic heterocycles. The first kappa shape index (κ1) is 18.0. The summed E-state index contributed by atoms with van der Waals surface area (Å²) in [6.07, 6.45) is -0.392. The first-order valence-corrected chi connectivity index (χ1v) is 8.46. The van der Waals surface area contributed by atoms with E-state index in [0.29, 0.717) is 16.6 Å². The maximum absolute atomic E-state index is 12.6. The van der Waals surface area contributed by atoms with Crippen LogP contribution < -0.4 is 5.73 Å². The van der Waals surface area contributed by atoms with Gasteiger partial charge in [0.2, 0.25) is 0 Å². The summed E-state index contributed by atoms with van der Waals surface area (Å²) in [5.41, 5.74) is 4.79. The minimum atomic E-state index is -4.43. The van der Waals surface area contributed by atoms with E-state index in [0.717, 1.165) is 37.8 Å². The van der Waals surface area contributed by atoms with E-state index < -0.39 is 22.5 Å². The van der Waals surface area contributed by atoms with Gasteiger partial charge < -0.3 is 5.73 Å². The van der Waals surface area contributed by atoms with Crippen molar-refractivity contribution >= 4 is 16.5 Å². The Morgan fingerprint density at radius 3 is 2.43 bits per heavy atom. The van der Waals surface area contributed by atoms with Gasteiger partial charge in [0, 0.05) is 11.4 Å². The summed E-state index contributed by atoms with van der Waals surface area (Å²) in [7, 11) is -1.36. The number of anilines is 1. The molecule has 0 spiro atoms. The van der Waals surface area contributed by atoms with Crippen LogP contribution in [0, 0.1) is 5.92 Å². The lowest BCUT2D eigenvalue weighted by molar-refractivity contribution is -0.137. The predicted octanol–water partition coefficient (Wildman–Crippen LogP) is 4.61. The number of nitrogens with two attached hydrogens (primary N) is 1. The second-order valence-corrected chi connectivity index (χ2v) is 6.64. The van der Waals surface area contributed by atoms with E-state index in [4.69, 9.17) is 5.73 Å². The Balaban J connectivity index is 2.83. The van der Waals surface area contributed by atoms with Crippen molar-refractivity contribution in [1.29, 1.82) is 0 Å². The molecule has 0 radical (unpaired) electrons. The van der Waals surface area contributed by atoms with Gasteiger partial charge in [-0.3, -0.25) is 4.21 Å². The number of nitrogen functional groups attached to an aromatic ring is 1. The summed E-state index contributed by atoms with van der Waals surface area (Å²) in [5.74, 6) is 0.763. The second-order valence-electron chi connectivity index (χ2n) is 5.18. The molecule has 2 N–H and O–H groups in total. The summed E-state index contributed by atoms with van der Waals surface area (Å²) < 4.78 is 50.0. The number of halogens is 3. The molecule has 2 nitrogen and oxygen atoms in total. The summed E-state index contributed by atoms with van der Waals surface area (Å²) in [4.78, 5) is 0.304. The molecule has 1 rings (SSSR count). The highest BCUT2D eigenvalue weighted by molar-refractivity contribution is 7.85. The molecule has 120 valence electrons. The predicted molar refractivity (Wildman–Crippen MR) is 80.4 cm³/mol. The smallest absolute Gasteiger partial charge is 0.398 e. The third-order valence-electron chi connectivity index (χ3n) is 3.51. The van der Waals surface area contributed by atoms with Crippen molar-refractivity contribution in [2.45, 2.75) is 50.6 Å². The van der Waals surface area contributed by atoms with Crippen molar-refractivity contribution in [3.8, 4) is 0 Å². The van der Waals surface area contributed by atoms with Crippen LogP contribution in [0.15, 0.2) is 23.1 Å². The maximum atomic E-state index is 12.6. The molecule has 1 aromatic rings.